The molecule has 4 aromatic rings. The molecule has 1 N–H and O–H groups in total. The van der Waals surface area contributed by atoms with Crippen LogP contribution in [0.4, 0.5) is 0 Å². The van der Waals surface area contributed by atoms with Crippen molar-refractivity contribution in [2.45, 2.75) is 24.4 Å². The number of aromatic amines is 1. The molecule has 0 aliphatic rings. The van der Waals surface area contributed by atoms with Gasteiger partial charge >= 0.3 is 0 Å². The number of hydrogen-bond donors (Lipinski definition) is 1. The van der Waals surface area contributed by atoms with Crippen molar-refractivity contribution in [3.63, 3.8) is 0 Å². The second-order valence-corrected chi connectivity index (χ2v) is 7.61. The molecule has 2 heterocycles. The van der Waals surface area contributed by atoms with Gasteiger partial charge in [-0.05, 0) is 30.7 Å². The van der Waals surface area contributed by atoms with E-state index in [1.165, 1.54) is 5.56 Å². The average molecular weight is 414 g/mol. The van der Waals surface area contributed by atoms with E-state index in [1.54, 1.807) is 16.3 Å². The van der Waals surface area contributed by atoms with Gasteiger partial charge in [0, 0.05) is 27.7 Å². The summed E-state index contributed by atoms with van der Waals surface area (Å²) in [6.07, 6.45) is 0. The van der Waals surface area contributed by atoms with E-state index in [9.17, 15) is 4.79 Å². The largest absolute Gasteiger partial charge is 0.349 e. The van der Waals surface area contributed by atoms with Gasteiger partial charge in [-0.1, -0.05) is 58.0 Å². The van der Waals surface area contributed by atoms with Crippen LogP contribution in [0.2, 0.25) is 0 Å². The summed E-state index contributed by atoms with van der Waals surface area (Å²) < 4.78 is 2.80. The van der Waals surface area contributed by atoms with Crippen molar-refractivity contribution in [3.05, 3.63) is 68.9 Å². The fourth-order valence-corrected chi connectivity index (χ4v) is 4.17. The van der Waals surface area contributed by atoms with Crippen molar-refractivity contribution >= 4 is 49.6 Å². The van der Waals surface area contributed by atoms with E-state index in [-0.39, 0.29) is 5.56 Å². The fourth-order valence-electron chi connectivity index (χ4n) is 2.89. The number of H-pyrrole nitrogens is 1. The van der Waals surface area contributed by atoms with E-state index >= 15 is 0 Å². The smallest absolute Gasteiger partial charge is 0.278 e. The number of halogens is 1. The lowest BCUT2D eigenvalue weighted by Crippen LogP contribution is -2.22. The SMILES string of the molecule is CCn1c(SCc2ccc(Br)cc2)nc2c([nH]c3ccccc32)c1=O. The number of aromatic nitrogens is 3. The average Bonchev–Trinajstić information content (AvgIpc) is 3.00. The van der Waals surface area contributed by atoms with Gasteiger partial charge in [0.1, 0.15) is 11.0 Å². The van der Waals surface area contributed by atoms with Crippen molar-refractivity contribution < 1.29 is 0 Å². The molecule has 0 aliphatic heterocycles. The standard InChI is InChI=1S/C19H16BrN3OS/c1-2-23-18(24)17-16(14-5-3-4-6-15(14)21-17)22-19(23)25-11-12-7-9-13(20)10-8-12/h3-10,21H,2,11H2,1H3. The molecule has 2 aromatic carbocycles. The highest BCUT2D eigenvalue weighted by molar-refractivity contribution is 9.10. The van der Waals surface area contributed by atoms with Crippen LogP contribution >= 0.6 is 27.7 Å². The third kappa shape index (κ3) is 3.00. The minimum Gasteiger partial charge on any atom is -0.349 e. The van der Waals surface area contributed by atoms with Crippen LogP contribution in [0.5, 0.6) is 0 Å². The Morgan fingerprint density at radius 3 is 2.68 bits per heavy atom. The third-order valence-corrected chi connectivity index (χ3v) is 5.75. The van der Waals surface area contributed by atoms with E-state index in [1.807, 2.05) is 43.3 Å². The number of fused-ring (bicyclic) bond motifs is 3. The fraction of sp³-hybridized carbons (Fsp3) is 0.158. The van der Waals surface area contributed by atoms with Crippen LogP contribution in [0.15, 0.2) is 63.0 Å². The van der Waals surface area contributed by atoms with E-state index in [4.69, 9.17) is 4.98 Å². The normalized spacial score (nSPS) is 11.4. The number of thioether (sulfide) groups is 1. The van der Waals surface area contributed by atoms with Crippen LogP contribution in [-0.2, 0) is 12.3 Å². The molecule has 126 valence electrons. The summed E-state index contributed by atoms with van der Waals surface area (Å²) in [5, 5.41) is 1.75. The number of rotatable bonds is 4. The molecule has 2 aromatic heterocycles. The predicted molar refractivity (Wildman–Crippen MR) is 107 cm³/mol. The van der Waals surface area contributed by atoms with Gasteiger partial charge in [-0.25, -0.2) is 4.98 Å². The first-order valence-corrected chi connectivity index (χ1v) is 9.83. The quantitative estimate of drug-likeness (QED) is 0.380. The van der Waals surface area contributed by atoms with Crippen LogP contribution in [-0.4, -0.2) is 14.5 Å². The summed E-state index contributed by atoms with van der Waals surface area (Å²) in [5.41, 5.74) is 3.46. The van der Waals surface area contributed by atoms with Crippen molar-refractivity contribution in [1.29, 1.82) is 0 Å². The van der Waals surface area contributed by atoms with E-state index in [2.05, 4.69) is 33.0 Å². The van der Waals surface area contributed by atoms with Gasteiger partial charge in [-0.2, -0.15) is 0 Å². The number of hydrogen-bond acceptors (Lipinski definition) is 3. The molecule has 6 heteroatoms. The van der Waals surface area contributed by atoms with Crippen LogP contribution in [0, 0.1) is 0 Å². The molecule has 0 spiro atoms. The molecule has 0 fully saturated rings. The summed E-state index contributed by atoms with van der Waals surface area (Å²) in [5.74, 6) is 0.771. The molecule has 0 saturated heterocycles. The molecule has 0 radical (unpaired) electrons. The Kier molecular flexibility index (Phi) is 4.39. The zero-order valence-corrected chi connectivity index (χ0v) is 16.0. The predicted octanol–water partition coefficient (Wildman–Crippen LogP) is 4.95. The number of para-hydroxylation sites is 1. The summed E-state index contributed by atoms with van der Waals surface area (Å²) in [6, 6.07) is 16.1. The Balaban J connectivity index is 1.80. The maximum absolute atomic E-state index is 12.9. The number of nitrogens with one attached hydrogen (secondary N) is 1. The molecule has 25 heavy (non-hydrogen) atoms. The molecule has 0 bridgehead atoms. The van der Waals surface area contributed by atoms with Crippen LogP contribution in [0.1, 0.15) is 12.5 Å². The number of nitrogens with zero attached hydrogens (tertiary/aromatic N) is 2. The lowest BCUT2D eigenvalue weighted by Gasteiger charge is -2.10. The van der Waals surface area contributed by atoms with Gasteiger partial charge in [-0.15, -0.1) is 0 Å². The molecule has 0 amide bonds. The van der Waals surface area contributed by atoms with Gasteiger partial charge in [-0.3, -0.25) is 9.36 Å². The van der Waals surface area contributed by atoms with Crippen molar-refractivity contribution in [2.75, 3.05) is 0 Å². The highest BCUT2D eigenvalue weighted by Gasteiger charge is 2.14. The maximum Gasteiger partial charge on any atom is 0.278 e. The molecule has 0 aliphatic carbocycles. The highest BCUT2D eigenvalue weighted by atomic mass is 79.9. The second-order valence-electron chi connectivity index (χ2n) is 5.75. The second kappa shape index (κ2) is 6.69. The Labute approximate surface area is 157 Å². The molecule has 0 atom stereocenters. The maximum atomic E-state index is 12.9. The van der Waals surface area contributed by atoms with Crippen molar-refractivity contribution in [2.24, 2.45) is 0 Å². The molecule has 4 rings (SSSR count). The van der Waals surface area contributed by atoms with Gasteiger partial charge in [0.05, 0.1) is 0 Å². The third-order valence-electron chi connectivity index (χ3n) is 4.17. The lowest BCUT2D eigenvalue weighted by molar-refractivity contribution is 0.634. The molecule has 4 nitrogen and oxygen atoms in total. The van der Waals surface area contributed by atoms with Crippen LogP contribution in [0.25, 0.3) is 21.9 Å². The van der Waals surface area contributed by atoms with Gasteiger partial charge < -0.3 is 4.98 Å². The summed E-state index contributed by atoms with van der Waals surface area (Å²) in [6.45, 7) is 2.57. The topological polar surface area (TPSA) is 50.7 Å². The minimum absolute atomic E-state index is 0.0120. The first kappa shape index (κ1) is 16.4. The van der Waals surface area contributed by atoms with E-state index in [0.717, 1.165) is 31.8 Å². The van der Waals surface area contributed by atoms with Gasteiger partial charge in [0.15, 0.2) is 5.16 Å². The Bertz CT molecular complexity index is 1120. The Hall–Kier alpha value is -2.05. The monoisotopic (exact) mass is 413 g/mol. The van der Waals surface area contributed by atoms with Crippen molar-refractivity contribution in [1.82, 2.24) is 14.5 Å². The first-order valence-electron chi connectivity index (χ1n) is 8.06. The lowest BCUT2D eigenvalue weighted by atomic mass is 10.2. The highest BCUT2D eigenvalue weighted by Crippen LogP contribution is 2.26. The van der Waals surface area contributed by atoms with Crippen LogP contribution in [0.3, 0.4) is 0 Å². The van der Waals surface area contributed by atoms with Gasteiger partial charge in [0.2, 0.25) is 0 Å². The van der Waals surface area contributed by atoms with Crippen molar-refractivity contribution in [3.8, 4) is 0 Å². The Morgan fingerprint density at radius 2 is 1.92 bits per heavy atom. The molecular formula is C19H16BrN3OS. The van der Waals surface area contributed by atoms with Gasteiger partial charge in [0.25, 0.3) is 5.56 Å². The van der Waals surface area contributed by atoms with E-state index in [0.29, 0.717) is 12.1 Å². The summed E-state index contributed by atoms with van der Waals surface area (Å²) in [7, 11) is 0. The summed E-state index contributed by atoms with van der Waals surface area (Å²) >= 11 is 5.05. The van der Waals surface area contributed by atoms with E-state index < -0.39 is 0 Å². The Morgan fingerprint density at radius 1 is 1.16 bits per heavy atom. The van der Waals surface area contributed by atoms with Crippen LogP contribution < -0.4 is 5.56 Å². The molecule has 0 saturated carbocycles. The zero-order valence-electron chi connectivity index (χ0n) is 13.6. The first-order chi connectivity index (χ1) is 12.2. The minimum atomic E-state index is -0.0120. The molecular weight excluding hydrogens is 398 g/mol. The number of benzene rings is 2. The zero-order chi connectivity index (χ0) is 17.4. The summed E-state index contributed by atoms with van der Waals surface area (Å²) in [4.78, 5) is 20.9. The molecule has 0 unspecified atom stereocenters.